The molecule has 1 aromatic carbocycles. The van der Waals surface area contributed by atoms with Crippen molar-refractivity contribution in [2.75, 3.05) is 11.9 Å². The molecule has 1 amide bonds. The number of benzene rings is 1. The monoisotopic (exact) mass is 362 g/mol. The summed E-state index contributed by atoms with van der Waals surface area (Å²) < 4.78 is 0.940. The lowest BCUT2D eigenvalue weighted by atomic mass is 10.2. The third-order valence-corrected chi connectivity index (χ3v) is 3.61. The molecule has 0 aliphatic rings. The van der Waals surface area contributed by atoms with Crippen LogP contribution in [-0.2, 0) is 0 Å². The third kappa shape index (κ3) is 4.53. The van der Waals surface area contributed by atoms with E-state index in [1.165, 1.54) is 12.4 Å². The molecule has 2 rings (SSSR count). The van der Waals surface area contributed by atoms with Crippen LogP contribution in [0.5, 0.6) is 0 Å². The molecule has 2 aromatic rings. The highest BCUT2D eigenvalue weighted by Crippen LogP contribution is 2.25. The van der Waals surface area contributed by atoms with Gasteiger partial charge in [-0.05, 0) is 46.5 Å². The van der Waals surface area contributed by atoms with E-state index in [2.05, 4.69) is 36.5 Å². The molecule has 0 aliphatic heterocycles. The fourth-order valence-electron chi connectivity index (χ4n) is 1.75. The van der Waals surface area contributed by atoms with Crippen molar-refractivity contribution in [3.05, 3.63) is 46.2 Å². The van der Waals surface area contributed by atoms with E-state index in [9.17, 15) is 4.79 Å². The van der Waals surface area contributed by atoms with E-state index in [0.29, 0.717) is 24.0 Å². The van der Waals surface area contributed by atoms with Crippen molar-refractivity contribution in [1.82, 2.24) is 15.3 Å². The summed E-state index contributed by atoms with van der Waals surface area (Å²) in [4.78, 5) is 20.3. The molecule has 1 heterocycles. The van der Waals surface area contributed by atoms with Crippen molar-refractivity contribution in [3.8, 4) is 0 Å². The number of halogens is 1. The Hall–Kier alpha value is -1.95. The number of aromatic nitrogens is 2. The van der Waals surface area contributed by atoms with E-state index in [-0.39, 0.29) is 5.91 Å². The van der Waals surface area contributed by atoms with E-state index in [0.717, 1.165) is 15.7 Å². The standard InChI is InChI=1S/C16H19BrN4O/c1-10(2)7-18-15(22)12-8-19-16(20-9-12)21-14-5-4-11(3)6-13(14)17/h4-6,8-10H,7H2,1-3H3,(H,18,22)(H,19,20,21). The number of anilines is 2. The normalized spacial score (nSPS) is 10.6. The summed E-state index contributed by atoms with van der Waals surface area (Å²) in [7, 11) is 0. The molecule has 0 saturated carbocycles. The summed E-state index contributed by atoms with van der Waals surface area (Å²) >= 11 is 3.49. The Morgan fingerprint density at radius 3 is 2.55 bits per heavy atom. The minimum Gasteiger partial charge on any atom is -0.352 e. The quantitative estimate of drug-likeness (QED) is 0.851. The van der Waals surface area contributed by atoms with Gasteiger partial charge in [0.2, 0.25) is 5.95 Å². The highest BCUT2D eigenvalue weighted by Gasteiger charge is 2.08. The van der Waals surface area contributed by atoms with Crippen LogP contribution in [-0.4, -0.2) is 22.4 Å². The van der Waals surface area contributed by atoms with Crippen LogP contribution in [0.2, 0.25) is 0 Å². The van der Waals surface area contributed by atoms with Gasteiger partial charge < -0.3 is 10.6 Å². The van der Waals surface area contributed by atoms with Crippen molar-refractivity contribution in [3.63, 3.8) is 0 Å². The number of rotatable bonds is 5. The minimum absolute atomic E-state index is 0.156. The maximum absolute atomic E-state index is 11.9. The van der Waals surface area contributed by atoms with E-state index < -0.39 is 0 Å². The van der Waals surface area contributed by atoms with Gasteiger partial charge in [0.15, 0.2) is 0 Å². The zero-order valence-corrected chi connectivity index (χ0v) is 14.4. The van der Waals surface area contributed by atoms with Crippen molar-refractivity contribution < 1.29 is 4.79 Å². The Balaban J connectivity index is 2.04. The summed E-state index contributed by atoms with van der Waals surface area (Å²) in [6.45, 7) is 6.75. The van der Waals surface area contributed by atoms with Crippen molar-refractivity contribution in [1.29, 1.82) is 0 Å². The second kappa shape index (κ2) is 7.35. The number of amides is 1. The van der Waals surface area contributed by atoms with Crippen LogP contribution in [0, 0.1) is 12.8 Å². The number of hydrogen-bond acceptors (Lipinski definition) is 4. The summed E-state index contributed by atoms with van der Waals surface area (Å²) in [6, 6.07) is 5.96. The summed E-state index contributed by atoms with van der Waals surface area (Å²) in [5.41, 5.74) is 2.49. The van der Waals surface area contributed by atoms with Gasteiger partial charge in [-0.3, -0.25) is 4.79 Å². The van der Waals surface area contributed by atoms with Crippen LogP contribution >= 0.6 is 15.9 Å². The van der Waals surface area contributed by atoms with Crippen LogP contribution in [0.1, 0.15) is 29.8 Å². The van der Waals surface area contributed by atoms with Crippen molar-refractivity contribution in [2.45, 2.75) is 20.8 Å². The first-order valence-corrected chi connectivity index (χ1v) is 7.88. The highest BCUT2D eigenvalue weighted by atomic mass is 79.9. The van der Waals surface area contributed by atoms with E-state index in [4.69, 9.17) is 0 Å². The zero-order chi connectivity index (χ0) is 16.1. The van der Waals surface area contributed by atoms with Crippen LogP contribution in [0.3, 0.4) is 0 Å². The molecule has 0 aliphatic carbocycles. The average Bonchev–Trinajstić information content (AvgIpc) is 2.48. The van der Waals surface area contributed by atoms with Gasteiger partial charge in [-0.2, -0.15) is 0 Å². The molecular weight excluding hydrogens is 344 g/mol. The third-order valence-electron chi connectivity index (χ3n) is 2.96. The van der Waals surface area contributed by atoms with Gasteiger partial charge in [-0.15, -0.1) is 0 Å². The molecule has 2 N–H and O–H groups in total. The number of hydrogen-bond donors (Lipinski definition) is 2. The fourth-order valence-corrected chi connectivity index (χ4v) is 2.34. The fraction of sp³-hybridized carbons (Fsp3) is 0.312. The first kappa shape index (κ1) is 16.4. The smallest absolute Gasteiger partial charge is 0.254 e. The maximum atomic E-state index is 11.9. The number of nitrogens with zero attached hydrogens (tertiary/aromatic N) is 2. The van der Waals surface area contributed by atoms with Crippen LogP contribution in [0.25, 0.3) is 0 Å². The van der Waals surface area contributed by atoms with E-state index in [1.807, 2.05) is 39.0 Å². The average molecular weight is 363 g/mol. The predicted molar refractivity (Wildman–Crippen MR) is 91.4 cm³/mol. The lowest BCUT2D eigenvalue weighted by Gasteiger charge is -2.09. The molecule has 0 fully saturated rings. The molecule has 116 valence electrons. The molecule has 5 nitrogen and oxygen atoms in total. The van der Waals surface area contributed by atoms with Gasteiger partial charge in [-0.25, -0.2) is 9.97 Å². The number of carbonyl (C=O) groups excluding carboxylic acids is 1. The molecule has 6 heteroatoms. The molecule has 0 radical (unpaired) electrons. The SMILES string of the molecule is Cc1ccc(Nc2ncc(C(=O)NCC(C)C)cn2)c(Br)c1. The molecular formula is C16H19BrN4O. The van der Waals surface area contributed by atoms with Gasteiger partial charge >= 0.3 is 0 Å². The first-order chi connectivity index (χ1) is 10.5. The lowest BCUT2D eigenvalue weighted by molar-refractivity contribution is 0.0948. The number of nitrogens with one attached hydrogen (secondary N) is 2. The zero-order valence-electron chi connectivity index (χ0n) is 12.9. The van der Waals surface area contributed by atoms with E-state index >= 15 is 0 Å². The maximum Gasteiger partial charge on any atom is 0.254 e. The summed E-state index contributed by atoms with van der Waals surface area (Å²) in [6.07, 6.45) is 3.04. The van der Waals surface area contributed by atoms with Crippen LogP contribution in [0.4, 0.5) is 11.6 Å². The molecule has 22 heavy (non-hydrogen) atoms. The van der Waals surface area contributed by atoms with Crippen molar-refractivity contribution in [2.24, 2.45) is 5.92 Å². The second-order valence-corrected chi connectivity index (χ2v) is 6.36. The minimum atomic E-state index is -0.156. The molecule has 1 aromatic heterocycles. The molecule has 0 spiro atoms. The Morgan fingerprint density at radius 1 is 1.27 bits per heavy atom. The first-order valence-electron chi connectivity index (χ1n) is 7.09. The Morgan fingerprint density at radius 2 is 1.95 bits per heavy atom. The van der Waals surface area contributed by atoms with Gasteiger partial charge in [0.25, 0.3) is 5.91 Å². The summed E-state index contributed by atoms with van der Waals surface area (Å²) in [5.74, 6) is 0.700. The van der Waals surface area contributed by atoms with Crippen LogP contribution in [0.15, 0.2) is 35.1 Å². The Kier molecular flexibility index (Phi) is 5.49. The molecule has 0 unspecified atom stereocenters. The Bertz CT molecular complexity index is 656. The van der Waals surface area contributed by atoms with Gasteiger partial charge in [0, 0.05) is 23.4 Å². The topological polar surface area (TPSA) is 66.9 Å². The van der Waals surface area contributed by atoms with Crippen LogP contribution < -0.4 is 10.6 Å². The number of aryl methyl sites for hydroxylation is 1. The van der Waals surface area contributed by atoms with Crippen molar-refractivity contribution >= 4 is 33.5 Å². The summed E-state index contributed by atoms with van der Waals surface area (Å²) in [5, 5.41) is 5.95. The van der Waals surface area contributed by atoms with Gasteiger partial charge in [-0.1, -0.05) is 19.9 Å². The number of carbonyl (C=O) groups is 1. The lowest BCUT2D eigenvalue weighted by Crippen LogP contribution is -2.27. The highest BCUT2D eigenvalue weighted by molar-refractivity contribution is 9.10. The van der Waals surface area contributed by atoms with Gasteiger partial charge in [0.1, 0.15) is 0 Å². The largest absolute Gasteiger partial charge is 0.352 e. The predicted octanol–water partition coefficient (Wildman–Crippen LogP) is 3.68. The second-order valence-electron chi connectivity index (χ2n) is 5.51. The molecule has 0 atom stereocenters. The molecule has 0 bridgehead atoms. The van der Waals surface area contributed by atoms with E-state index in [1.54, 1.807) is 0 Å². The van der Waals surface area contributed by atoms with Gasteiger partial charge in [0.05, 0.1) is 11.3 Å². The molecule has 0 saturated heterocycles. The Labute approximate surface area is 138 Å².